The summed E-state index contributed by atoms with van der Waals surface area (Å²) in [5.41, 5.74) is 0. The zero-order valence-corrected chi connectivity index (χ0v) is 15.2. The van der Waals surface area contributed by atoms with Crippen LogP contribution in [0.1, 0.15) is 43.4 Å². The van der Waals surface area contributed by atoms with Crippen molar-refractivity contribution in [2.45, 2.75) is 51.0 Å². The average molecular weight is 352 g/mol. The Bertz CT molecular complexity index is 489. The van der Waals surface area contributed by atoms with Crippen molar-refractivity contribution in [3.8, 4) is 0 Å². The van der Waals surface area contributed by atoms with E-state index in [2.05, 4.69) is 22.4 Å². The highest BCUT2D eigenvalue weighted by molar-refractivity contribution is 7.09. The van der Waals surface area contributed by atoms with Crippen molar-refractivity contribution >= 4 is 17.3 Å². The van der Waals surface area contributed by atoms with Crippen LogP contribution >= 0.6 is 11.3 Å². The number of likely N-dealkylation sites (tertiary alicyclic amines) is 1. The molecule has 0 radical (unpaired) electrons. The van der Waals surface area contributed by atoms with Crippen LogP contribution in [0.5, 0.6) is 0 Å². The summed E-state index contributed by atoms with van der Waals surface area (Å²) in [6.45, 7) is 3.53. The number of nitrogens with zero attached hydrogens (tertiary/aromatic N) is 1. The molecule has 0 unspecified atom stereocenters. The molecule has 2 aliphatic rings. The van der Waals surface area contributed by atoms with Crippen LogP contribution in [0.15, 0.2) is 17.5 Å². The van der Waals surface area contributed by atoms with Gasteiger partial charge in [-0.15, -0.1) is 11.3 Å². The number of aliphatic carboxylic acids is 1. The highest BCUT2D eigenvalue weighted by Gasteiger charge is 2.25. The van der Waals surface area contributed by atoms with E-state index in [9.17, 15) is 4.79 Å². The maximum absolute atomic E-state index is 11.0. The third kappa shape index (κ3) is 5.30. The second kappa shape index (κ2) is 8.97. The number of carbonyl (C=O) groups is 1. The largest absolute Gasteiger partial charge is 0.481 e. The van der Waals surface area contributed by atoms with Crippen LogP contribution in [0.2, 0.25) is 0 Å². The average Bonchev–Trinajstić information content (AvgIpc) is 3.10. The Morgan fingerprint density at radius 3 is 2.58 bits per heavy atom. The molecule has 5 heteroatoms. The molecule has 2 heterocycles. The van der Waals surface area contributed by atoms with Crippen molar-refractivity contribution in [1.82, 2.24) is 4.90 Å². The van der Waals surface area contributed by atoms with Gasteiger partial charge in [-0.1, -0.05) is 6.07 Å². The predicted molar refractivity (Wildman–Crippen MR) is 96.5 cm³/mol. The van der Waals surface area contributed by atoms with Crippen molar-refractivity contribution in [2.24, 2.45) is 11.8 Å². The fraction of sp³-hybridized carbons (Fsp3) is 0.737. The number of rotatable bonds is 7. The van der Waals surface area contributed by atoms with Gasteiger partial charge in [0.25, 0.3) is 0 Å². The molecule has 0 bridgehead atoms. The molecule has 1 aromatic heterocycles. The van der Waals surface area contributed by atoms with E-state index in [1.807, 2.05) is 11.3 Å². The zero-order valence-electron chi connectivity index (χ0n) is 14.4. The minimum atomic E-state index is -0.634. The molecule has 1 N–H and O–H groups in total. The maximum Gasteiger partial charge on any atom is 0.306 e. The summed E-state index contributed by atoms with van der Waals surface area (Å²) in [4.78, 5) is 14.8. The van der Waals surface area contributed by atoms with Crippen molar-refractivity contribution in [3.05, 3.63) is 22.4 Å². The van der Waals surface area contributed by atoms with E-state index >= 15 is 0 Å². The fourth-order valence-corrected chi connectivity index (χ4v) is 4.79. The summed E-state index contributed by atoms with van der Waals surface area (Å²) in [5.74, 6) is 0.0598. The SMILES string of the molecule is O=C(O)C1CCN(CCOC2CCC(Cc3cccs3)CC2)CC1. The topological polar surface area (TPSA) is 49.8 Å². The first-order chi connectivity index (χ1) is 11.7. The lowest BCUT2D eigenvalue weighted by atomic mass is 9.85. The molecule has 2 fully saturated rings. The Balaban J connectivity index is 1.27. The normalized spacial score (nSPS) is 26.5. The Kier molecular flexibility index (Phi) is 6.69. The Morgan fingerprint density at radius 2 is 1.96 bits per heavy atom. The van der Waals surface area contributed by atoms with Crippen LogP contribution in [-0.4, -0.2) is 48.3 Å². The Hall–Kier alpha value is -0.910. The molecule has 1 aliphatic heterocycles. The second-order valence-corrected chi connectivity index (χ2v) is 8.28. The van der Waals surface area contributed by atoms with Crippen molar-refractivity contribution < 1.29 is 14.6 Å². The number of ether oxygens (including phenoxy) is 1. The lowest BCUT2D eigenvalue weighted by Crippen LogP contribution is -2.38. The van der Waals surface area contributed by atoms with E-state index in [4.69, 9.17) is 9.84 Å². The van der Waals surface area contributed by atoms with Crippen LogP contribution in [-0.2, 0) is 16.0 Å². The highest BCUT2D eigenvalue weighted by atomic mass is 32.1. The number of hydrogen-bond donors (Lipinski definition) is 1. The summed E-state index contributed by atoms with van der Waals surface area (Å²) in [7, 11) is 0. The molecule has 1 saturated heterocycles. The number of hydrogen-bond acceptors (Lipinski definition) is 4. The molecule has 0 amide bonds. The van der Waals surface area contributed by atoms with Crippen LogP contribution in [0.3, 0.4) is 0 Å². The molecule has 0 spiro atoms. The van der Waals surface area contributed by atoms with Crippen LogP contribution in [0.4, 0.5) is 0 Å². The highest BCUT2D eigenvalue weighted by Crippen LogP contribution is 2.30. The van der Waals surface area contributed by atoms with Crippen molar-refractivity contribution in [1.29, 1.82) is 0 Å². The quantitative estimate of drug-likeness (QED) is 0.814. The lowest BCUT2D eigenvalue weighted by molar-refractivity contribution is -0.143. The molecule has 1 aliphatic carbocycles. The number of thiophene rings is 1. The molecule has 0 aromatic carbocycles. The number of carboxylic acid groups (broad SMARTS) is 1. The van der Waals surface area contributed by atoms with Gasteiger partial charge in [-0.2, -0.15) is 0 Å². The number of piperidine rings is 1. The monoisotopic (exact) mass is 351 g/mol. The van der Waals surface area contributed by atoms with Gasteiger partial charge in [0, 0.05) is 11.4 Å². The predicted octanol–water partition coefficient (Wildman–Crippen LogP) is 3.66. The molecule has 134 valence electrons. The Morgan fingerprint density at radius 1 is 1.21 bits per heavy atom. The molecule has 0 atom stereocenters. The fourth-order valence-electron chi connectivity index (χ4n) is 3.97. The van der Waals surface area contributed by atoms with Gasteiger partial charge < -0.3 is 14.7 Å². The number of carboxylic acids is 1. The third-order valence-electron chi connectivity index (χ3n) is 5.56. The summed E-state index contributed by atoms with van der Waals surface area (Å²) in [5, 5.41) is 11.2. The first-order valence-corrected chi connectivity index (χ1v) is 10.2. The first-order valence-electron chi connectivity index (χ1n) is 9.30. The molecule has 1 aromatic rings. The van der Waals surface area contributed by atoms with Gasteiger partial charge in [-0.25, -0.2) is 0 Å². The summed E-state index contributed by atoms with van der Waals surface area (Å²) in [6.07, 6.45) is 8.18. The van der Waals surface area contributed by atoms with Gasteiger partial charge >= 0.3 is 5.97 Å². The minimum absolute atomic E-state index is 0.138. The lowest BCUT2D eigenvalue weighted by Gasteiger charge is -2.32. The smallest absolute Gasteiger partial charge is 0.306 e. The van der Waals surface area contributed by atoms with E-state index in [0.29, 0.717) is 6.10 Å². The first kappa shape index (κ1) is 17.9. The van der Waals surface area contributed by atoms with E-state index in [0.717, 1.165) is 45.0 Å². The van der Waals surface area contributed by atoms with Crippen molar-refractivity contribution in [2.75, 3.05) is 26.2 Å². The molecular formula is C19H29NO3S. The van der Waals surface area contributed by atoms with Crippen LogP contribution in [0.25, 0.3) is 0 Å². The third-order valence-corrected chi connectivity index (χ3v) is 6.46. The second-order valence-electron chi connectivity index (χ2n) is 7.25. The Labute approximate surface area is 148 Å². The van der Waals surface area contributed by atoms with Gasteiger partial charge in [-0.05, 0) is 75.4 Å². The standard InChI is InChI=1S/C19H29NO3S/c21-19(22)16-7-9-20(10-8-16)11-12-23-17-5-3-15(4-6-17)14-18-2-1-13-24-18/h1-2,13,15-17H,3-12,14H2,(H,21,22). The molecule has 4 nitrogen and oxygen atoms in total. The zero-order chi connectivity index (χ0) is 16.8. The maximum atomic E-state index is 11.0. The van der Waals surface area contributed by atoms with E-state index < -0.39 is 5.97 Å². The molecular weight excluding hydrogens is 322 g/mol. The molecule has 3 rings (SSSR count). The molecule has 1 saturated carbocycles. The summed E-state index contributed by atoms with van der Waals surface area (Å²) in [6, 6.07) is 4.40. The minimum Gasteiger partial charge on any atom is -0.481 e. The summed E-state index contributed by atoms with van der Waals surface area (Å²) >= 11 is 1.88. The van der Waals surface area contributed by atoms with E-state index in [-0.39, 0.29) is 5.92 Å². The molecule has 24 heavy (non-hydrogen) atoms. The van der Waals surface area contributed by atoms with Crippen molar-refractivity contribution in [3.63, 3.8) is 0 Å². The summed E-state index contributed by atoms with van der Waals surface area (Å²) < 4.78 is 6.09. The van der Waals surface area contributed by atoms with Gasteiger partial charge in [-0.3, -0.25) is 4.79 Å². The van der Waals surface area contributed by atoms with Gasteiger partial charge in [0.2, 0.25) is 0 Å². The van der Waals surface area contributed by atoms with Gasteiger partial charge in [0.1, 0.15) is 0 Å². The van der Waals surface area contributed by atoms with Gasteiger partial charge in [0.15, 0.2) is 0 Å². The van der Waals surface area contributed by atoms with E-state index in [1.54, 1.807) is 0 Å². The van der Waals surface area contributed by atoms with Crippen LogP contribution < -0.4 is 0 Å². The van der Waals surface area contributed by atoms with Gasteiger partial charge in [0.05, 0.1) is 18.6 Å². The van der Waals surface area contributed by atoms with Crippen LogP contribution in [0, 0.1) is 11.8 Å². The van der Waals surface area contributed by atoms with E-state index in [1.165, 1.54) is 37.0 Å².